The predicted octanol–water partition coefficient (Wildman–Crippen LogP) is -0.0477. The molecule has 2 atom stereocenters. The number of piperidine rings is 1. The Balaban J connectivity index is 1.81. The van der Waals surface area contributed by atoms with Gasteiger partial charge in [0.1, 0.15) is 0 Å². The van der Waals surface area contributed by atoms with Crippen molar-refractivity contribution < 1.29 is 9.53 Å². The van der Waals surface area contributed by atoms with Gasteiger partial charge < -0.3 is 15.8 Å². The molecule has 0 saturated carbocycles. The van der Waals surface area contributed by atoms with E-state index in [0.717, 1.165) is 45.6 Å². The molecule has 0 aromatic heterocycles. The first-order valence-electron chi connectivity index (χ1n) is 7.11. The Morgan fingerprint density at radius 3 is 3.00 bits per heavy atom. The minimum Gasteiger partial charge on any atom is -0.380 e. The summed E-state index contributed by atoms with van der Waals surface area (Å²) in [4.78, 5) is 14.4. The van der Waals surface area contributed by atoms with E-state index in [9.17, 15) is 4.79 Å². The summed E-state index contributed by atoms with van der Waals surface area (Å²) in [6, 6.07) is 0.517. The molecule has 2 heterocycles. The third-order valence-electron chi connectivity index (χ3n) is 3.92. The van der Waals surface area contributed by atoms with Crippen LogP contribution in [0.15, 0.2) is 0 Å². The van der Waals surface area contributed by atoms with Gasteiger partial charge in [0.05, 0.1) is 12.5 Å². The number of amides is 1. The summed E-state index contributed by atoms with van der Waals surface area (Å²) in [6.07, 6.45) is 4.46. The third-order valence-corrected chi connectivity index (χ3v) is 3.92. The second kappa shape index (κ2) is 7.07. The molecule has 0 radical (unpaired) electrons. The first kappa shape index (κ1) is 13.8. The van der Waals surface area contributed by atoms with Crippen LogP contribution in [0.3, 0.4) is 0 Å². The van der Waals surface area contributed by atoms with Crippen LogP contribution in [-0.4, -0.2) is 56.2 Å². The molecule has 0 aromatic carbocycles. The van der Waals surface area contributed by atoms with Crippen LogP contribution in [0.4, 0.5) is 0 Å². The molecule has 18 heavy (non-hydrogen) atoms. The van der Waals surface area contributed by atoms with Crippen molar-refractivity contribution in [1.29, 1.82) is 0 Å². The van der Waals surface area contributed by atoms with Gasteiger partial charge >= 0.3 is 0 Å². The molecular weight excluding hydrogens is 230 g/mol. The standard InChI is InChI=1S/C13H25N3O2/c14-5-6-15-13(17)11-3-1-7-16(9-11)12-4-2-8-18-10-12/h11-12H,1-10,14H2,(H,15,17). The molecule has 2 aliphatic rings. The number of rotatable bonds is 4. The number of ether oxygens (including phenoxy) is 1. The van der Waals surface area contributed by atoms with Crippen molar-refractivity contribution in [3.63, 3.8) is 0 Å². The van der Waals surface area contributed by atoms with Gasteiger partial charge in [0.15, 0.2) is 0 Å². The summed E-state index contributed by atoms with van der Waals surface area (Å²) in [6.45, 7) is 4.81. The van der Waals surface area contributed by atoms with Gasteiger partial charge in [0.2, 0.25) is 5.91 Å². The molecule has 104 valence electrons. The molecule has 0 aromatic rings. The Kier molecular flexibility index (Phi) is 5.41. The van der Waals surface area contributed by atoms with Gasteiger partial charge in [0, 0.05) is 32.3 Å². The van der Waals surface area contributed by atoms with E-state index in [-0.39, 0.29) is 11.8 Å². The van der Waals surface area contributed by atoms with Crippen molar-refractivity contribution in [2.24, 2.45) is 11.7 Å². The number of carbonyl (C=O) groups is 1. The lowest BCUT2D eigenvalue weighted by Crippen LogP contribution is -2.50. The first-order chi connectivity index (χ1) is 8.81. The third kappa shape index (κ3) is 3.67. The number of hydrogen-bond acceptors (Lipinski definition) is 4. The molecule has 5 nitrogen and oxygen atoms in total. The van der Waals surface area contributed by atoms with Crippen LogP contribution in [-0.2, 0) is 9.53 Å². The van der Waals surface area contributed by atoms with E-state index in [0.29, 0.717) is 19.1 Å². The maximum atomic E-state index is 12.0. The van der Waals surface area contributed by atoms with E-state index in [1.54, 1.807) is 0 Å². The van der Waals surface area contributed by atoms with E-state index < -0.39 is 0 Å². The predicted molar refractivity (Wildman–Crippen MR) is 70.2 cm³/mol. The lowest BCUT2D eigenvalue weighted by atomic mass is 9.94. The fourth-order valence-electron chi connectivity index (χ4n) is 2.90. The fourth-order valence-corrected chi connectivity index (χ4v) is 2.90. The molecule has 1 amide bonds. The molecule has 3 N–H and O–H groups in total. The molecule has 0 bridgehead atoms. The van der Waals surface area contributed by atoms with Crippen LogP contribution in [0.25, 0.3) is 0 Å². The average Bonchev–Trinajstić information content (AvgIpc) is 2.46. The zero-order valence-corrected chi connectivity index (χ0v) is 11.1. The highest BCUT2D eigenvalue weighted by atomic mass is 16.5. The smallest absolute Gasteiger partial charge is 0.224 e. The zero-order chi connectivity index (χ0) is 12.8. The second-order valence-electron chi connectivity index (χ2n) is 5.28. The summed E-state index contributed by atoms with van der Waals surface area (Å²) in [5.74, 6) is 0.300. The topological polar surface area (TPSA) is 67.6 Å². The summed E-state index contributed by atoms with van der Waals surface area (Å²) in [5.41, 5.74) is 5.41. The van der Waals surface area contributed by atoms with Crippen LogP contribution in [0, 0.1) is 5.92 Å². The summed E-state index contributed by atoms with van der Waals surface area (Å²) >= 11 is 0. The van der Waals surface area contributed by atoms with E-state index in [1.165, 1.54) is 6.42 Å². The quantitative estimate of drug-likeness (QED) is 0.739. The normalized spacial score (nSPS) is 30.1. The van der Waals surface area contributed by atoms with E-state index in [2.05, 4.69) is 10.2 Å². The van der Waals surface area contributed by atoms with Crippen LogP contribution in [0.2, 0.25) is 0 Å². The first-order valence-corrected chi connectivity index (χ1v) is 7.11. The van der Waals surface area contributed by atoms with Crippen LogP contribution in [0.1, 0.15) is 25.7 Å². The molecule has 2 unspecified atom stereocenters. The van der Waals surface area contributed by atoms with Gasteiger partial charge in [-0.2, -0.15) is 0 Å². The molecule has 0 aliphatic carbocycles. The minimum absolute atomic E-state index is 0.132. The van der Waals surface area contributed by atoms with Gasteiger partial charge in [-0.25, -0.2) is 0 Å². The molecule has 2 saturated heterocycles. The Morgan fingerprint density at radius 1 is 1.39 bits per heavy atom. The highest BCUT2D eigenvalue weighted by Crippen LogP contribution is 2.22. The van der Waals surface area contributed by atoms with Crippen LogP contribution >= 0.6 is 0 Å². The molecule has 2 rings (SSSR count). The maximum Gasteiger partial charge on any atom is 0.224 e. The van der Waals surface area contributed by atoms with Gasteiger partial charge in [0.25, 0.3) is 0 Å². The van der Waals surface area contributed by atoms with Crippen LogP contribution < -0.4 is 11.1 Å². The second-order valence-corrected chi connectivity index (χ2v) is 5.28. The SMILES string of the molecule is NCCNC(=O)C1CCCN(C2CCCOC2)C1. The number of nitrogens with two attached hydrogens (primary N) is 1. The van der Waals surface area contributed by atoms with Gasteiger partial charge in [-0.1, -0.05) is 0 Å². The Bertz CT molecular complexity index is 267. The largest absolute Gasteiger partial charge is 0.380 e. The Labute approximate surface area is 109 Å². The number of nitrogens with one attached hydrogen (secondary N) is 1. The highest BCUT2D eigenvalue weighted by molar-refractivity contribution is 5.78. The molecule has 2 aliphatic heterocycles. The van der Waals surface area contributed by atoms with Gasteiger partial charge in [-0.3, -0.25) is 9.69 Å². The summed E-state index contributed by atoms with van der Waals surface area (Å²) < 4.78 is 5.54. The molecule has 0 spiro atoms. The monoisotopic (exact) mass is 255 g/mol. The lowest BCUT2D eigenvalue weighted by Gasteiger charge is -2.39. The number of likely N-dealkylation sites (tertiary alicyclic amines) is 1. The number of carbonyl (C=O) groups excluding carboxylic acids is 1. The summed E-state index contributed by atoms with van der Waals surface area (Å²) in [5, 5.41) is 2.90. The van der Waals surface area contributed by atoms with Gasteiger partial charge in [-0.05, 0) is 32.2 Å². The van der Waals surface area contributed by atoms with Crippen molar-refractivity contribution in [3.8, 4) is 0 Å². The number of hydrogen-bond donors (Lipinski definition) is 2. The minimum atomic E-state index is 0.132. The molecule has 2 fully saturated rings. The van der Waals surface area contributed by atoms with Crippen molar-refractivity contribution in [2.45, 2.75) is 31.7 Å². The molecular formula is C13H25N3O2. The maximum absolute atomic E-state index is 12.0. The van der Waals surface area contributed by atoms with Gasteiger partial charge in [-0.15, -0.1) is 0 Å². The fraction of sp³-hybridized carbons (Fsp3) is 0.923. The van der Waals surface area contributed by atoms with Crippen molar-refractivity contribution in [3.05, 3.63) is 0 Å². The van der Waals surface area contributed by atoms with E-state index in [1.807, 2.05) is 0 Å². The van der Waals surface area contributed by atoms with E-state index >= 15 is 0 Å². The number of nitrogens with zero attached hydrogens (tertiary/aromatic N) is 1. The average molecular weight is 255 g/mol. The Morgan fingerprint density at radius 2 is 2.28 bits per heavy atom. The van der Waals surface area contributed by atoms with E-state index in [4.69, 9.17) is 10.5 Å². The zero-order valence-electron chi connectivity index (χ0n) is 11.1. The highest BCUT2D eigenvalue weighted by Gasteiger charge is 2.30. The Hall–Kier alpha value is -0.650. The van der Waals surface area contributed by atoms with Crippen molar-refractivity contribution >= 4 is 5.91 Å². The van der Waals surface area contributed by atoms with Crippen LogP contribution in [0.5, 0.6) is 0 Å². The van der Waals surface area contributed by atoms with Crippen molar-refractivity contribution in [1.82, 2.24) is 10.2 Å². The van der Waals surface area contributed by atoms with Crippen molar-refractivity contribution in [2.75, 3.05) is 39.4 Å². The molecule has 5 heteroatoms. The summed E-state index contributed by atoms with van der Waals surface area (Å²) in [7, 11) is 0. The lowest BCUT2D eigenvalue weighted by molar-refractivity contribution is -0.127.